The molecule has 0 amide bonds. The van der Waals surface area contributed by atoms with Gasteiger partial charge in [-0.05, 0) is 110 Å². The molecule has 1 aliphatic carbocycles. The quantitative estimate of drug-likeness (QED) is 0.116. The number of carbonyl (C=O) groups is 1. The minimum Gasteiger partial charge on any atom is -0.469 e. The molecule has 0 aliphatic heterocycles. The number of aliphatic hydroxyl groups excluding tert-OH is 1. The molecule has 5 nitrogen and oxygen atoms in total. The first kappa shape index (κ1) is 38.9. The largest absolute Gasteiger partial charge is 0.469 e. The number of aliphatic hydroxyl groups is 1. The van der Waals surface area contributed by atoms with Crippen molar-refractivity contribution in [2.75, 3.05) is 7.11 Å². The Morgan fingerprint density at radius 1 is 0.804 bits per heavy atom. The van der Waals surface area contributed by atoms with E-state index in [0.717, 1.165) is 50.5 Å². The first-order valence-corrected chi connectivity index (χ1v) is 23.7. The number of fused-ring (bicyclic) bond motifs is 1. The van der Waals surface area contributed by atoms with Gasteiger partial charge in [0.25, 0.3) is 0 Å². The van der Waals surface area contributed by atoms with Gasteiger partial charge in [-0.2, -0.15) is 0 Å². The molecule has 7 heteroatoms. The molecule has 0 spiro atoms. The second kappa shape index (κ2) is 15.8. The second-order valence-electron chi connectivity index (χ2n) is 17.1. The summed E-state index contributed by atoms with van der Waals surface area (Å²) < 4.78 is 19.4. The number of unbranched alkanes of at least 4 members (excludes halogenated alkanes) is 3. The van der Waals surface area contributed by atoms with Gasteiger partial charge in [-0.1, -0.05) is 96.7 Å². The summed E-state index contributed by atoms with van der Waals surface area (Å²) in [6, 6.07) is 12.9. The molecule has 1 N–H and O–H groups in total. The molecule has 0 radical (unpaired) electrons. The van der Waals surface area contributed by atoms with Crippen LogP contribution in [0, 0.1) is 18.8 Å². The normalized spacial score (nSPS) is 21.9. The SMILES string of the molecule is COC(=O)CCCCCC[C@@H]1[C@@H](CCC(O)c2ccc3cc(C)ccc3c2)[C@H](O[Si](C)(C)C(C)(C)C)C[C@@H]1O[Si](C)(C)C(C)(C)C. The summed E-state index contributed by atoms with van der Waals surface area (Å²) in [7, 11) is -2.59. The van der Waals surface area contributed by atoms with Crippen LogP contribution >= 0.6 is 0 Å². The van der Waals surface area contributed by atoms with Crippen LogP contribution in [0.3, 0.4) is 0 Å². The zero-order valence-corrected chi connectivity index (χ0v) is 33.3. The van der Waals surface area contributed by atoms with Crippen molar-refractivity contribution < 1.29 is 23.5 Å². The fourth-order valence-corrected chi connectivity index (χ4v) is 9.29. The molecule has 2 aromatic carbocycles. The number of methoxy groups -OCH3 is 1. The highest BCUT2D eigenvalue weighted by atomic mass is 28.4. The molecular formula is C39H66O5Si2. The Kier molecular flexibility index (Phi) is 13.4. The van der Waals surface area contributed by atoms with Crippen LogP contribution in [-0.2, 0) is 18.4 Å². The van der Waals surface area contributed by atoms with Crippen LogP contribution in [0.15, 0.2) is 36.4 Å². The van der Waals surface area contributed by atoms with Gasteiger partial charge in [0.1, 0.15) is 0 Å². The van der Waals surface area contributed by atoms with Gasteiger partial charge >= 0.3 is 5.97 Å². The van der Waals surface area contributed by atoms with Crippen molar-refractivity contribution >= 4 is 33.4 Å². The van der Waals surface area contributed by atoms with E-state index < -0.39 is 22.7 Å². The van der Waals surface area contributed by atoms with Gasteiger partial charge in [-0.3, -0.25) is 4.79 Å². The van der Waals surface area contributed by atoms with Gasteiger partial charge in [0, 0.05) is 6.42 Å². The predicted molar refractivity (Wildman–Crippen MR) is 198 cm³/mol. The highest BCUT2D eigenvalue weighted by molar-refractivity contribution is 6.74. The average Bonchev–Trinajstić information content (AvgIpc) is 3.25. The maximum absolute atomic E-state index is 11.6. The van der Waals surface area contributed by atoms with Crippen molar-refractivity contribution in [3.05, 3.63) is 47.5 Å². The lowest BCUT2D eigenvalue weighted by Crippen LogP contribution is -2.45. The third-order valence-electron chi connectivity index (χ3n) is 11.5. The van der Waals surface area contributed by atoms with Crippen molar-refractivity contribution in [3.63, 3.8) is 0 Å². The number of aryl methyl sites for hydroxylation is 1. The molecule has 3 rings (SSSR count). The van der Waals surface area contributed by atoms with Gasteiger partial charge in [0.05, 0.1) is 25.4 Å². The summed E-state index contributed by atoms with van der Waals surface area (Å²) in [6.07, 6.45) is 8.03. The first-order valence-electron chi connectivity index (χ1n) is 17.9. The Morgan fingerprint density at radius 2 is 1.33 bits per heavy atom. The van der Waals surface area contributed by atoms with Crippen LogP contribution in [0.25, 0.3) is 10.8 Å². The summed E-state index contributed by atoms with van der Waals surface area (Å²) in [4.78, 5) is 11.6. The summed E-state index contributed by atoms with van der Waals surface area (Å²) in [5, 5.41) is 14.2. The van der Waals surface area contributed by atoms with Crippen LogP contribution in [0.4, 0.5) is 0 Å². The van der Waals surface area contributed by atoms with E-state index in [-0.39, 0.29) is 28.3 Å². The van der Waals surface area contributed by atoms with E-state index in [1.165, 1.54) is 23.4 Å². The second-order valence-corrected chi connectivity index (χ2v) is 26.6. The van der Waals surface area contributed by atoms with E-state index in [1.54, 1.807) is 0 Å². The lowest BCUT2D eigenvalue weighted by Gasteiger charge is -2.40. The Bertz CT molecular complexity index is 1280. The monoisotopic (exact) mass is 670 g/mol. The Morgan fingerprint density at radius 3 is 1.89 bits per heavy atom. The van der Waals surface area contributed by atoms with E-state index >= 15 is 0 Å². The standard InChI is InChI=1S/C39H66O5Si2/c1-28-19-20-30-26-31(22-21-29(30)25-28)34(40)24-23-33-32(17-15-13-14-16-18-37(41)42-8)35(43-45(9,10)38(2,3)4)27-36(33)44-46(11,12)39(5,6)7/h19-22,25-26,32-36,40H,13-18,23-24,27H2,1-12H3/t32-,33-,34?,35+,36-/m1/s1. The maximum atomic E-state index is 11.6. The van der Waals surface area contributed by atoms with Crippen molar-refractivity contribution in [3.8, 4) is 0 Å². The van der Waals surface area contributed by atoms with Gasteiger partial charge in [0.2, 0.25) is 0 Å². The third kappa shape index (κ3) is 10.2. The van der Waals surface area contributed by atoms with Crippen LogP contribution in [0.1, 0.15) is 117 Å². The first-order chi connectivity index (χ1) is 21.3. The van der Waals surface area contributed by atoms with Crippen LogP contribution in [0.5, 0.6) is 0 Å². The summed E-state index contributed by atoms with van der Waals surface area (Å²) in [5.41, 5.74) is 2.24. The Balaban J connectivity index is 1.86. The number of rotatable bonds is 15. The number of hydrogen-bond acceptors (Lipinski definition) is 5. The molecule has 0 heterocycles. The molecule has 46 heavy (non-hydrogen) atoms. The van der Waals surface area contributed by atoms with Crippen LogP contribution < -0.4 is 0 Å². The fraction of sp³-hybridized carbons (Fsp3) is 0.718. The smallest absolute Gasteiger partial charge is 0.305 e. The molecule has 0 saturated heterocycles. The van der Waals surface area contributed by atoms with E-state index in [1.807, 2.05) is 0 Å². The summed E-state index contributed by atoms with van der Waals surface area (Å²) >= 11 is 0. The topological polar surface area (TPSA) is 65.0 Å². The minimum atomic E-state index is -2.04. The minimum absolute atomic E-state index is 0.119. The lowest BCUT2D eigenvalue weighted by molar-refractivity contribution is -0.140. The maximum Gasteiger partial charge on any atom is 0.305 e. The summed E-state index contributed by atoms with van der Waals surface area (Å²) in [5.74, 6) is 0.595. The van der Waals surface area contributed by atoms with Crippen molar-refractivity contribution in [2.24, 2.45) is 11.8 Å². The van der Waals surface area contributed by atoms with E-state index in [2.05, 4.69) is 111 Å². The highest BCUT2D eigenvalue weighted by Gasteiger charge is 2.51. The Labute approximate surface area is 283 Å². The number of benzene rings is 2. The molecule has 0 aromatic heterocycles. The Hall–Kier alpha value is -1.52. The van der Waals surface area contributed by atoms with Crippen molar-refractivity contribution in [1.82, 2.24) is 0 Å². The van der Waals surface area contributed by atoms with Crippen LogP contribution in [-0.4, -0.2) is 47.0 Å². The highest BCUT2D eigenvalue weighted by Crippen LogP contribution is 2.49. The molecule has 0 bridgehead atoms. The van der Waals surface area contributed by atoms with Gasteiger partial charge in [0.15, 0.2) is 16.6 Å². The molecule has 2 aromatic rings. The number of hydrogen-bond donors (Lipinski definition) is 1. The molecule has 1 fully saturated rings. The summed E-state index contributed by atoms with van der Waals surface area (Å²) in [6.45, 7) is 25.6. The molecule has 1 aliphatic rings. The van der Waals surface area contributed by atoms with E-state index in [9.17, 15) is 9.90 Å². The number of carbonyl (C=O) groups excluding carboxylic acids is 1. The van der Waals surface area contributed by atoms with Crippen LogP contribution in [0.2, 0.25) is 36.3 Å². The average molecular weight is 671 g/mol. The number of ether oxygens (including phenoxy) is 1. The van der Waals surface area contributed by atoms with Crippen molar-refractivity contribution in [2.45, 2.75) is 161 Å². The van der Waals surface area contributed by atoms with Gasteiger partial charge in [-0.15, -0.1) is 0 Å². The molecule has 260 valence electrons. The lowest BCUT2D eigenvalue weighted by atomic mass is 9.84. The van der Waals surface area contributed by atoms with E-state index in [4.69, 9.17) is 13.6 Å². The molecular weight excluding hydrogens is 605 g/mol. The molecule has 1 unspecified atom stereocenters. The predicted octanol–water partition coefficient (Wildman–Crippen LogP) is 10.9. The number of esters is 1. The zero-order chi connectivity index (χ0) is 34.5. The molecule has 5 atom stereocenters. The zero-order valence-electron chi connectivity index (χ0n) is 31.3. The van der Waals surface area contributed by atoms with Gasteiger partial charge in [-0.25, -0.2) is 0 Å². The molecule has 1 saturated carbocycles. The van der Waals surface area contributed by atoms with Crippen molar-refractivity contribution in [1.29, 1.82) is 0 Å². The van der Waals surface area contributed by atoms with E-state index in [0.29, 0.717) is 24.7 Å². The fourth-order valence-electron chi connectivity index (χ4n) is 6.52. The van der Waals surface area contributed by atoms with Gasteiger partial charge < -0.3 is 18.7 Å². The third-order valence-corrected chi connectivity index (χ3v) is 20.6.